The van der Waals surface area contributed by atoms with Crippen molar-refractivity contribution in [1.29, 1.82) is 0 Å². The molecule has 2 aromatic rings. The molecule has 0 bridgehead atoms. The maximum atomic E-state index is 12.1. The molecule has 0 fully saturated rings. The van der Waals surface area contributed by atoms with Gasteiger partial charge in [-0.05, 0) is 50.1 Å². The van der Waals surface area contributed by atoms with Crippen LogP contribution in [0.25, 0.3) is 0 Å². The number of halogens is 3. The van der Waals surface area contributed by atoms with Gasteiger partial charge in [0.2, 0.25) is 0 Å². The van der Waals surface area contributed by atoms with Crippen LogP contribution in [0.4, 0.5) is 11.4 Å². The summed E-state index contributed by atoms with van der Waals surface area (Å²) < 4.78 is 1.36. The van der Waals surface area contributed by atoms with Gasteiger partial charge >= 0.3 is 0 Å². The second kappa shape index (κ2) is 5.90. The summed E-state index contributed by atoms with van der Waals surface area (Å²) >= 11 is 12.6. The van der Waals surface area contributed by atoms with Crippen molar-refractivity contribution in [3.05, 3.63) is 50.1 Å². The molecule has 1 aromatic carbocycles. The topological polar surface area (TPSA) is 68.0 Å². The molecule has 0 unspecified atom stereocenters. The summed E-state index contributed by atoms with van der Waals surface area (Å²) in [6, 6.07) is 4.96. The van der Waals surface area contributed by atoms with Gasteiger partial charge in [-0.3, -0.25) is 9.78 Å². The van der Waals surface area contributed by atoms with Gasteiger partial charge in [0, 0.05) is 27.0 Å². The fourth-order valence-electron chi connectivity index (χ4n) is 1.45. The highest BCUT2D eigenvalue weighted by atomic mass is 79.9. The fourth-order valence-corrected chi connectivity index (χ4v) is 3.08. The number of hydrogen-bond acceptors (Lipinski definition) is 3. The van der Waals surface area contributed by atoms with Crippen molar-refractivity contribution in [2.45, 2.75) is 0 Å². The van der Waals surface area contributed by atoms with Crippen molar-refractivity contribution < 1.29 is 4.79 Å². The summed E-state index contributed by atoms with van der Waals surface area (Å²) in [6.45, 7) is 0. The molecule has 2 rings (SSSR count). The van der Waals surface area contributed by atoms with E-state index in [-0.39, 0.29) is 5.91 Å². The Morgan fingerprint density at radius 1 is 1.32 bits per heavy atom. The SMILES string of the molecule is Nc1cc(Br)c(NC(=O)c2ccncc2Cl)c(Br)c1. The Labute approximate surface area is 131 Å². The molecule has 0 spiro atoms. The maximum absolute atomic E-state index is 12.1. The number of nitrogens with zero attached hydrogens (tertiary/aromatic N) is 1. The minimum absolute atomic E-state index is 0.294. The number of nitrogens with two attached hydrogens (primary N) is 1. The number of amides is 1. The van der Waals surface area contributed by atoms with E-state index in [0.29, 0.717) is 30.9 Å². The quantitative estimate of drug-likeness (QED) is 0.740. The number of pyridine rings is 1. The number of nitrogen functional groups attached to an aromatic ring is 1. The number of hydrogen-bond donors (Lipinski definition) is 2. The zero-order valence-corrected chi connectivity index (χ0v) is 13.4. The van der Waals surface area contributed by atoms with Crippen LogP contribution in [-0.2, 0) is 0 Å². The molecule has 0 saturated carbocycles. The van der Waals surface area contributed by atoms with Gasteiger partial charge in [-0.1, -0.05) is 11.6 Å². The molecule has 1 amide bonds. The minimum atomic E-state index is -0.321. The van der Waals surface area contributed by atoms with Crippen LogP contribution in [0, 0.1) is 0 Å². The third-order valence-electron chi connectivity index (χ3n) is 2.32. The van der Waals surface area contributed by atoms with E-state index < -0.39 is 0 Å². The van der Waals surface area contributed by atoms with Crippen LogP contribution >= 0.6 is 43.5 Å². The van der Waals surface area contributed by atoms with Crippen molar-refractivity contribution in [2.24, 2.45) is 0 Å². The number of rotatable bonds is 2. The first-order valence-corrected chi connectivity index (χ1v) is 7.11. The van der Waals surface area contributed by atoms with E-state index in [1.807, 2.05) is 0 Å². The molecule has 0 aliphatic heterocycles. The van der Waals surface area contributed by atoms with E-state index >= 15 is 0 Å². The molecule has 3 N–H and O–H groups in total. The largest absolute Gasteiger partial charge is 0.399 e. The smallest absolute Gasteiger partial charge is 0.257 e. The Hall–Kier alpha value is -1.11. The summed E-state index contributed by atoms with van der Waals surface area (Å²) in [6.07, 6.45) is 2.93. The van der Waals surface area contributed by atoms with E-state index in [2.05, 4.69) is 42.2 Å². The Kier molecular flexibility index (Phi) is 4.44. The molecular formula is C12H8Br2ClN3O. The highest BCUT2D eigenvalue weighted by Gasteiger charge is 2.14. The Bertz CT molecular complexity index is 626. The van der Waals surface area contributed by atoms with Crippen molar-refractivity contribution >= 4 is 60.7 Å². The molecule has 1 heterocycles. The number of carbonyl (C=O) groups is 1. The van der Waals surface area contributed by atoms with Gasteiger partial charge in [0.1, 0.15) is 0 Å². The highest BCUT2D eigenvalue weighted by Crippen LogP contribution is 2.34. The molecule has 98 valence electrons. The molecule has 1 aromatic heterocycles. The fraction of sp³-hybridized carbons (Fsp3) is 0. The molecular weight excluding hydrogens is 397 g/mol. The van der Waals surface area contributed by atoms with Crippen LogP contribution in [0.15, 0.2) is 39.5 Å². The summed E-state index contributed by atoms with van der Waals surface area (Å²) in [4.78, 5) is 16.0. The third-order valence-corrected chi connectivity index (χ3v) is 3.87. The third kappa shape index (κ3) is 3.26. The van der Waals surface area contributed by atoms with Crippen molar-refractivity contribution in [3.8, 4) is 0 Å². The molecule has 4 nitrogen and oxygen atoms in total. The lowest BCUT2D eigenvalue weighted by atomic mass is 10.2. The predicted octanol–water partition coefficient (Wildman–Crippen LogP) is 4.09. The van der Waals surface area contributed by atoms with E-state index in [9.17, 15) is 4.79 Å². The summed E-state index contributed by atoms with van der Waals surface area (Å²) in [5.41, 5.74) is 7.22. The molecule has 0 atom stereocenters. The van der Waals surface area contributed by atoms with E-state index in [1.54, 1.807) is 18.2 Å². The van der Waals surface area contributed by atoms with Gasteiger partial charge in [0.25, 0.3) is 5.91 Å². The molecule has 0 aliphatic carbocycles. The predicted molar refractivity (Wildman–Crippen MR) is 83.5 cm³/mol. The Morgan fingerprint density at radius 2 is 1.95 bits per heavy atom. The van der Waals surface area contributed by atoms with Gasteiger partial charge in [0.05, 0.1) is 16.3 Å². The number of benzene rings is 1. The maximum Gasteiger partial charge on any atom is 0.257 e. The number of nitrogens with one attached hydrogen (secondary N) is 1. The van der Waals surface area contributed by atoms with E-state index in [0.717, 1.165) is 0 Å². The number of carbonyl (C=O) groups excluding carboxylic acids is 1. The second-order valence-corrected chi connectivity index (χ2v) is 5.79. The van der Waals surface area contributed by atoms with Gasteiger partial charge in [-0.25, -0.2) is 0 Å². The minimum Gasteiger partial charge on any atom is -0.399 e. The molecule has 0 saturated heterocycles. The first-order valence-electron chi connectivity index (χ1n) is 5.14. The normalized spacial score (nSPS) is 10.3. The van der Waals surface area contributed by atoms with Crippen molar-refractivity contribution in [2.75, 3.05) is 11.1 Å². The summed E-state index contributed by atoms with van der Waals surface area (Å²) in [7, 11) is 0. The summed E-state index contributed by atoms with van der Waals surface area (Å²) in [5, 5.41) is 3.06. The lowest BCUT2D eigenvalue weighted by Crippen LogP contribution is -2.13. The lowest BCUT2D eigenvalue weighted by Gasteiger charge is -2.11. The van der Waals surface area contributed by atoms with Gasteiger partial charge < -0.3 is 11.1 Å². The van der Waals surface area contributed by atoms with Gasteiger partial charge in [0.15, 0.2) is 0 Å². The van der Waals surface area contributed by atoms with Gasteiger partial charge in [-0.2, -0.15) is 0 Å². The van der Waals surface area contributed by atoms with Crippen molar-refractivity contribution in [3.63, 3.8) is 0 Å². The van der Waals surface area contributed by atoms with Crippen LogP contribution in [0.1, 0.15) is 10.4 Å². The molecule has 0 radical (unpaired) electrons. The van der Waals surface area contributed by atoms with E-state index in [4.69, 9.17) is 17.3 Å². The van der Waals surface area contributed by atoms with Crippen LogP contribution in [-0.4, -0.2) is 10.9 Å². The standard InChI is InChI=1S/C12H8Br2ClN3O/c13-8-3-6(16)4-9(14)11(8)18-12(19)7-1-2-17-5-10(7)15/h1-5H,16H2,(H,18,19). The van der Waals surface area contributed by atoms with Crippen LogP contribution in [0.3, 0.4) is 0 Å². The lowest BCUT2D eigenvalue weighted by molar-refractivity contribution is 0.102. The Morgan fingerprint density at radius 3 is 2.53 bits per heavy atom. The highest BCUT2D eigenvalue weighted by molar-refractivity contribution is 9.11. The van der Waals surface area contributed by atoms with Crippen LogP contribution in [0.5, 0.6) is 0 Å². The first kappa shape index (κ1) is 14.3. The van der Waals surface area contributed by atoms with Crippen LogP contribution in [0.2, 0.25) is 5.02 Å². The van der Waals surface area contributed by atoms with E-state index in [1.165, 1.54) is 12.4 Å². The van der Waals surface area contributed by atoms with Crippen LogP contribution < -0.4 is 11.1 Å². The van der Waals surface area contributed by atoms with Gasteiger partial charge in [-0.15, -0.1) is 0 Å². The average molecular weight is 405 g/mol. The molecule has 7 heteroatoms. The molecule has 0 aliphatic rings. The zero-order chi connectivity index (χ0) is 14.0. The molecule has 19 heavy (non-hydrogen) atoms. The van der Waals surface area contributed by atoms with Crippen molar-refractivity contribution in [1.82, 2.24) is 4.98 Å². The number of anilines is 2. The second-order valence-electron chi connectivity index (χ2n) is 3.67. The zero-order valence-electron chi connectivity index (χ0n) is 9.45. The average Bonchev–Trinajstić information content (AvgIpc) is 2.34. The number of aromatic nitrogens is 1. The summed E-state index contributed by atoms with van der Waals surface area (Å²) in [5.74, 6) is -0.321. The monoisotopic (exact) mass is 403 g/mol. The first-order chi connectivity index (χ1) is 8.99. The Balaban J connectivity index is 2.32.